The van der Waals surface area contributed by atoms with Crippen molar-refractivity contribution in [2.75, 3.05) is 20.8 Å². The van der Waals surface area contributed by atoms with Crippen LogP contribution < -0.4 is 10.1 Å². The summed E-state index contributed by atoms with van der Waals surface area (Å²) in [6.45, 7) is 5.82. The fourth-order valence-corrected chi connectivity index (χ4v) is 2.09. The highest BCUT2D eigenvalue weighted by Crippen LogP contribution is 2.21. The van der Waals surface area contributed by atoms with Gasteiger partial charge in [0.25, 0.3) is 0 Å². The molecule has 0 amide bonds. The van der Waals surface area contributed by atoms with Crippen LogP contribution in [0, 0.1) is 0 Å². The number of hydrogen-bond acceptors (Lipinski definition) is 3. The van der Waals surface area contributed by atoms with Gasteiger partial charge in [-0.3, -0.25) is 0 Å². The lowest BCUT2D eigenvalue weighted by Crippen LogP contribution is -2.36. The molecule has 2 rings (SSSR count). The molecule has 20 heavy (non-hydrogen) atoms. The van der Waals surface area contributed by atoms with Crippen LogP contribution >= 0.6 is 0 Å². The molecule has 0 saturated carbocycles. The van der Waals surface area contributed by atoms with Gasteiger partial charge in [0.15, 0.2) is 0 Å². The first kappa shape index (κ1) is 14.8. The van der Waals surface area contributed by atoms with Gasteiger partial charge < -0.3 is 14.8 Å². The fourth-order valence-electron chi connectivity index (χ4n) is 2.09. The maximum Gasteiger partial charge on any atom is 0.119 e. The summed E-state index contributed by atoms with van der Waals surface area (Å²) in [5.41, 5.74) is 1.14. The molecule has 0 spiro atoms. The first-order valence-electron chi connectivity index (χ1n) is 6.87. The van der Waals surface area contributed by atoms with Crippen molar-refractivity contribution in [1.82, 2.24) is 5.32 Å². The zero-order chi connectivity index (χ0) is 14.6. The van der Waals surface area contributed by atoms with Crippen molar-refractivity contribution in [3.05, 3.63) is 42.0 Å². The molecule has 0 aliphatic carbocycles. The normalized spacial score (nSPS) is 11.8. The molecule has 108 valence electrons. The van der Waals surface area contributed by atoms with Gasteiger partial charge in [0.1, 0.15) is 5.75 Å². The molecule has 0 aliphatic heterocycles. The van der Waals surface area contributed by atoms with Gasteiger partial charge in [-0.2, -0.15) is 0 Å². The summed E-state index contributed by atoms with van der Waals surface area (Å²) in [6.07, 6.45) is 0. The van der Waals surface area contributed by atoms with Gasteiger partial charge in [-0.25, -0.2) is 0 Å². The van der Waals surface area contributed by atoms with E-state index in [1.165, 1.54) is 16.3 Å². The Labute approximate surface area is 120 Å². The first-order chi connectivity index (χ1) is 9.54. The van der Waals surface area contributed by atoms with Gasteiger partial charge in [0.05, 0.1) is 12.7 Å². The van der Waals surface area contributed by atoms with Crippen molar-refractivity contribution < 1.29 is 9.47 Å². The molecule has 0 aromatic heterocycles. The van der Waals surface area contributed by atoms with Crippen LogP contribution in [-0.2, 0) is 11.3 Å². The van der Waals surface area contributed by atoms with Crippen LogP contribution in [0.2, 0.25) is 0 Å². The molecule has 3 nitrogen and oxygen atoms in total. The van der Waals surface area contributed by atoms with Crippen molar-refractivity contribution in [1.29, 1.82) is 0 Å². The molecule has 0 heterocycles. The van der Waals surface area contributed by atoms with Crippen LogP contribution in [0.25, 0.3) is 10.8 Å². The summed E-state index contributed by atoms with van der Waals surface area (Å²) in [7, 11) is 3.43. The molecule has 3 heteroatoms. The second-order valence-corrected chi connectivity index (χ2v) is 5.61. The minimum absolute atomic E-state index is 0.135. The number of nitrogens with one attached hydrogen (secondary N) is 1. The Morgan fingerprint density at radius 1 is 1.00 bits per heavy atom. The third-order valence-corrected chi connectivity index (χ3v) is 3.54. The third kappa shape index (κ3) is 3.71. The molecular weight excluding hydrogens is 250 g/mol. The molecule has 0 radical (unpaired) electrons. The van der Waals surface area contributed by atoms with E-state index in [0.29, 0.717) is 0 Å². The maximum atomic E-state index is 5.39. The Hall–Kier alpha value is -1.58. The van der Waals surface area contributed by atoms with E-state index in [2.05, 4.69) is 49.5 Å². The van der Waals surface area contributed by atoms with Gasteiger partial charge in [0, 0.05) is 20.2 Å². The number of hydrogen-bond donors (Lipinski definition) is 1. The van der Waals surface area contributed by atoms with Crippen LogP contribution in [0.4, 0.5) is 0 Å². The summed E-state index contributed by atoms with van der Waals surface area (Å²) in [4.78, 5) is 0. The van der Waals surface area contributed by atoms with E-state index in [1.807, 2.05) is 6.07 Å². The van der Waals surface area contributed by atoms with Gasteiger partial charge in [-0.15, -0.1) is 0 Å². The molecule has 1 N–H and O–H groups in total. The van der Waals surface area contributed by atoms with Crippen molar-refractivity contribution in [3.63, 3.8) is 0 Å². The lowest BCUT2D eigenvalue weighted by molar-refractivity contribution is 0.0231. The van der Waals surface area contributed by atoms with Gasteiger partial charge in [0.2, 0.25) is 0 Å². The molecular formula is C17H23NO2. The SMILES string of the molecule is COc1ccc2cc(CNCC(C)(C)OC)ccc2c1. The van der Waals surface area contributed by atoms with E-state index in [1.54, 1.807) is 14.2 Å². The second-order valence-electron chi connectivity index (χ2n) is 5.61. The van der Waals surface area contributed by atoms with Crippen molar-refractivity contribution >= 4 is 10.8 Å². The average molecular weight is 273 g/mol. The Bertz CT molecular complexity index is 578. The Kier molecular flexibility index (Phi) is 4.63. The summed E-state index contributed by atoms with van der Waals surface area (Å²) in [5.74, 6) is 0.894. The van der Waals surface area contributed by atoms with Crippen LogP contribution in [0.15, 0.2) is 36.4 Å². The highest BCUT2D eigenvalue weighted by molar-refractivity contribution is 5.84. The Morgan fingerprint density at radius 3 is 2.40 bits per heavy atom. The predicted octanol–water partition coefficient (Wildman–Crippen LogP) is 3.36. The van der Waals surface area contributed by atoms with Gasteiger partial charge in [-0.05, 0) is 48.4 Å². The second kappa shape index (κ2) is 6.25. The lowest BCUT2D eigenvalue weighted by atomic mass is 10.1. The molecule has 0 aliphatic rings. The molecule has 2 aromatic carbocycles. The minimum atomic E-state index is -0.135. The van der Waals surface area contributed by atoms with Crippen LogP contribution in [0.5, 0.6) is 5.75 Å². The number of ether oxygens (including phenoxy) is 2. The average Bonchev–Trinajstić information content (AvgIpc) is 2.46. The monoisotopic (exact) mass is 273 g/mol. The molecule has 0 bridgehead atoms. The largest absolute Gasteiger partial charge is 0.497 e. The summed E-state index contributed by atoms with van der Waals surface area (Å²) < 4.78 is 10.6. The van der Waals surface area contributed by atoms with E-state index in [4.69, 9.17) is 9.47 Å². The number of rotatable bonds is 6. The van der Waals surface area contributed by atoms with E-state index in [-0.39, 0.29) is 5.60 Å². The molecule has 0 fully saturated rings. The predicted molar refractivity (Wildman–Crippen MR) is 83.3 cm³/mol. The third-order valence-electron chi connectivity index (χ3n) is 3.54. The van der Waals surface area contributed by atoms with E-state index < -0.39 is 0 Å². The zero-order valence-electron chi connectivity index (χ0n) is 12.7. The zero-order valence-corrected chi connectivity index (χ0v) is 12.7. The smallest absolute Gasteiger partial charge is 0.119 e. The van der Waals surface area contributed by atoms with E-state index >= 15 is 0 Å². The van der Waals surface area contributed by atoms with Crippen molar-refractivity contribution in [2.24, 2.45) is 0 Å². The number of methoxy groups -OCH3 is 2. The standard InChI is InChI=1S/C17H23NO2/c1-17(2,20-4)12-18-11-13-5-6-15-10-16(19-3)8-7-14(15)9-13/h5-10,18H,11-12H2,1-4H3. The number of benzene rings is 2. The Morgan fingerprint density at radius 2 is 1.70 bits per heavy atom. The summed E-state index contributed by atoms with van der Waals surface area (Å²) in [5, 5.41) is 5.86. The quantitative estimate of drug-likeness (QED) is 0.875. The van der Waals surface area contributed by atoms with Crippen LogP contribution in [0.1, 0.15) is 19.4 Å². The van der Waals surface area contributed by atoms with Crippen molar-refractivity contribution in [3.8, 4) is 5.75 Å². The topological polar surface area (TPSA) is 30.5 Å². The molecule has 0 atom stereocenters. The highest BCUT2D eigenvalue weighted by atomic mass is 16.5. The lowest BCUT2D eigenvalue weighted by Gasteiger charge is -2.23. The van der Waals surface area contributed by atoms with E-state index in [0.717, 1.165) is 18.8 Å². The van der Waals surface area contributed by atoms with Gasteiger partial charge >= 0.3 is 0 Å². The molecule has 2 aromatic rings. The first-order valence-corrected chi connectivity index (χ1v) is 6.87. The van der Waals surface area contributed by atoms with E-state index in [9.17, 15) is 0 Å². The molecule has 0 unspecified atom stereocenters. The number of fused-ring (bicyclic) bond motifs is 1. The Balaban J connectivity index is 2.05. The van der Waals surface area contributed by atoms with Gasteiger partial charge in [-0.1, -0.05) is 18.2 Å². The van der Waals surface area contributed by atoms with Crippen LogP contribution in [-0.4, -0.2) is 26.4 Å². The minimum Gasteiger partial charge on any atom is -0.497 e. The van der Waals surface area contributed by atoms with Crippen LogP contribution in [0.3, 0.4) is 0 Å². The fraction of sp³-hybridized carbons (Fsp3) is 0.412. The summed E-state index contributed by atoms with van der Waals surface area (Å²) in [6, 6.07) is 12.6. The van der Waals surface area contributed by atoms with Crippen molar-refractivity contribution in [2.45, 2.75) is 26.0 Å². The molecule has 0 saturated heterocycles. The maximum absolute atomic E-state index is 5.39. The highest BCUT2D eigenvalue weighted by Gasteiger charge is 2.14. The summed E-state index contributed by atoms with van der Waals surface area (Å²) >= 11 is 0.